The minimum Gasteiger partial charge on any atom is -0.365 e. The number of nitrogens with one attached hydrogen (secondary N) is 1. The highest BCUT2D eigenvalue weighted by Gasteiger charge is 2.36. The molecule has 0 radical (unpaired) electrons. The van der Waals surface area contributed by atoms with E-state index in [0.717, 1.165) is 11.1 Å². The minimum atomic E-state index is -4.60. The lowest BCUT2D eigenvalue weighted by Crippen LogP contribution is -2.59. The second-order valence-corrected chi connectivity index (χ2v) is 7.70. The molecule has 1 aromatic heterocycles. The molecule has 5 nitrogen and oxygen atoms in total. The van der Waals surface area contributed by atoms with Crippen LogP contribution in [0.5, 0.6) is 0 Å². The molecule has 0 bridgehead atoms. The predicted molar refractivity (Wildman–Crippen MR) is 102 cm³/mol. The summed E-state index contributed by atoms with van der Waals surface area (Å²) in [6.07, 6.45) is -4.60. The number of benzene rings is 1. The number of rotatable bonds is 2. The summed E-state index contributed by atoms with van der Waals surface area (Å²) in [5, 5.41) is 14.4. The molecule has 1 aromatic carbocycles. The number of amides is 2. The minimum absolute atomic E-state index is 0.181. The van der Waals surface area contributed by atoms with E-state index in [1.165, 1.54) is 23.5 Å². The monoisotopic (exact) mass is 408 g/mol. The highest BCUT2D eigenvalue weighted by molar-refractivity contribution is 7.14. The van der Waals surface area contributed by atoms with E-state index in [1.807, 2.05) is 36.3 Å². The first-order valence-electron chi connectivity index (χ1n) is 8.70. The summed E-state index contributed by atoms with van der Waals surface area (Å²) in [7, 11) is 0. The van der Waals surface area contributed by atoms with Crippen LogP contribution in [0.25, 0.3) is 0 Å². The molecule has 0 aliphatic carbocycles. The summed E-state index contributed by atoms with van der Waals surface area (Å²) >= 11 is 1.42. The van der Waals surface area contributed by atoms with E-state index in [4.69, 9.17) is 5.26 Å². The predicted octanol–water partition coefficient (Wildman–Crippen LogP) is 4.77. The van der Waals surface area contributed by atoms with Gasteiger partial charge in [0.2, 0.25) is 0 Å². The van der Waals surface area contributed by atoms with Gasteiger partial charge in [0.1, 0.15) is 0 Å². The SMILES string of the molecule is CC1CN(c2ccc(C#N)c(C(F)(F)F)c2)C(C)CN1C(=O)Nc1cccs1. The third-order valence-corrected chi connectivity index (χ3v) is 5.54. The molecule has 148 valence electrons. The van der Waals surface area contributed by atoms with Gasteiger partial charge in [0.25, 0.3) is 0 Å². The summed E-state index contributed by atoms with van der Waals surface area (Å²) in [6.45, 7) is 4.49. The lowest BCUT2D eigenvalue weighted by atomic mass is 10.0. The van der Waals surface area contributed by atoms with Crippen LogP contribution in [0.1, 0.15) is 25.0 Å². The van der Waals surface area contributed by atoms with Crippen LogP contribution in [-0.2, 0) is 6.18 Å². The van der Waals surface area contributed by atoms with Gasteiger partial charge in [0.15, 0.2) is 0 Å². The van der Waals surface area contributed by atoms with Crippen LogP contribution in [0.2, 0.25) is 0 Å². The van der Waals surface area contributed by atoms with E-state index in [2.05, 4.69) is 5.32 Å². The van der Waals surface area contributed by atoms with E-state index >= 15 is 0 Å². The fourth-order valence-corrected chi connectivity index (χ4v) is 3.95. The molecule has 1 aliphatic rings. The van der Waals surface area contributed by atoms with Crippen LogP contribution in [0.3, 0.4) is 0 Å². The summed E-state index contributed by atoms with van der Waals surface area (Å²) < 4.78 is 39.8. The highest BCUT2D eigenvalue weighted by atomic mass is 32.1. The molecule has 0 saturated carbocycles. The number of halogens is 3. The van der Waals surface area contributed by atoms with Crippen molar-refractivity contribution in [2.75, 3.05) is 23.3 Å². The zero-order chi connectivity index (χ0) is 20.5. The Labute approximate surface area is 165 Å². The number of thiophene rings is 1. The highest BCUT2D eigenvalue weighted by Crippen LogP contribution is 2.35. The average molecular weight is 408 g/mol. The topological polar surface area (TPSA) is 59.4 Å². The third-order valence-electron chi connectivity index (χ3n) is 4.76. The molecule has 28 heavy (non-hydrogen) atoms. The molecule has 9 heteroatoms. The molecule has 2 atom stereocenters. The molecule has 1 saturated heterocycles. The fourth-order valence-electron chi connectivity index (χ4n) is 3.34. The summed E-state index contributed by atoms with van der Waals surface area (Å²) in [4.78, 5) is 16.1. The Balaban J connectivity index is 1.79. The van der Waals surface area contributed by atoms with Gasteiger partial charge in [-0.1, -0.05) is 0 Å². The Kier molecular flexibility index (Phi) is 5.52. The first-order chi connectivity index (χ1) is 13.2. The van der Waals surface area contributed by atoms with Crippen LogP contribution in [0.4, 0.5) is 28.7 Å². The van der Waals surface area contributed by atoms with E-state index in [9.17, 15) is 18.0 Å². The number of piperazine rings is 1. The molecule has 2 heterocycles. The summed E-state index contributed by atoms with van der Waals surface area (Å²) in [5.41, 5.74) is -0.944. The number of nitrogens with zero attached hydrogens (tertiary/aromatic N) is 3. The van der Waals surface area contributed by atoms with Gasteiger partial charge in [-0.15, -0.1) is 11.3 Å². The number of urea groups is 1. The number of alkyl halides is 3. The van der Waals surface area contributed by atoms with E-state index in [-0.39, 0.29) is 18.1 Å². The number of anilines is 2. The van der Waals surface area contributed by atoms with Crippen molar-refractivity contribution in [1.29, 1.82) is 5.26 Å². The zero-order valence-corrected chi connectivity index (χ0v) is 16.1. The van der Waals surface area contributed by atoms with Crippen LogP contribution < -0.4 is 10.2 Å². The van der Waals surface area contributed by atoms with Gasteiger partial charge in [-0.3, -0.25) is 5.32 Å². The number of nitriles is 1. The first-order valence-corrected chi connectivity index (χ1v) is 9.57. The van der Waals surface area contributed by atoms with Gasteiger partial charge >= 0.3 is 12.2 Å². The number of hydrogen-bond acceptors (Lipinski definition) is 4. The lowest BCUT2D eigenvalue weighted by molar-refractivity contribution is -0.137. The first kappa shape index (κ1) is 20.0. The zero-order valence-electron chi connectivity index (χ0n) is 15.3. The smallest absolute Gasteiger partial charge is 0.365 e. The lowest BCUT2D eigenvalue weighted by Gasteiger charge is -2.45. The van der Waals surface area contributed by atoms with Crippen LogP contribution in [0.15, 0.2) is 35.7 Å². The maximum atomic E-state index is 13.3. The Morgan fingerprint density at radius 2 is 2.00 bits per heavy atom. The van der Waals surface area contributed by atoms with Gasteiger partial charge in [0, 0.05) is 30.9 Å². The van der Waals surface area contributed by atoms with Gasteiger partial charge in [-0.25, -0.2) is 4.79 Å². The molecule has 2 amide bonds. The number of hydrogen-bond donors (Lipinski definition) is 1. The van der Waals surface area contributed by atoms with E-state index in [0.29, 0.717) is 18.8 Å². The molecule has 2 aromatic rings. The van der Waals surface area contributed by atoms with Gasteiger partial charge in [-0.05, 0) is 49.6 Å². The Morgan fingerprint density at radius 3 is 2.61 bits per heavy atom. The molecule has 1 aliphatic heterocycles. The van der Waals surface area contributed by atoms with Crippen LogP contribution >= 0.6 is 11.3 Å². The molecular weight excluding hydrogens is 389 g/mol. The number of carbonyl (C=O) groups excluding carboxylic acids is 1. The second-order valence-electron chi connectivity index (χ2n) is 6.75. The van der Waals surface area contributed by atoms with Crippen molar-refractivity contribution in [1.82, 2.24) is 4.90 Å². The van der Waals surface area contributed by atoms with Crippen LogP contribution in [-0.4, -0.2) is 36.1 Å². The number of carbonyl (C=O) groups is 1. The molecule has 2 unspecified atom stereocenters. The van der Waals surface area contributed by atoms with Crippen molar-refractivity contribution < 1.29 is 18.0 Å². The van der Waals surface area contributed by atoms with E-state index in [1.54, 1.807) is 11.0 Å². The molecule has 1 fully saturated rings. The maximum Gasteiger partial charge on any atom is 0.417 e. The molecule has 1 N–H and O–H groups in total. The molecular formula is C19H19F3N4OS. The standard InChI is InChI=1S/C19H19F3N4OS/c1-12-11-26(18(27)24-17-4-3-7-28-17)13(2)10-25(12)15-6-5-14(9-23)16(8-15)19(20,21)22/h3-8,12-13H,10-11H2,1-2H3,(H,24,27). The third kappa shape index (κ3) is 4.07. The molecule has 0 spiro atoms. The summed E-state index contributed by atoms with van der Waals surface area (Å²) in [6, 6.07) is 8.39. The molecule has 3 rings (SSSR count). The van der Waals surface area contributed by atoms with Crippen molar-refractivity contribution in [3.8, 4) is 6.07 Å². The quantitative estimate of drug-likeness (QED) is 0.779. The van der Waals surface area contributed by atoms with Crippen molar-refractivity contribution in [3.63, 3.8) is 0 Å². The normalized spacial score (nSPS) is 20.0. The largest absolute Gasteiger partial charge is 0.417 e. The Morgan fingerprint density at radius 1 is 1.25 bits per heavy atom. The maximum absolute atomic E-state index is 13.3. The van der Waals surface area contributed by atoms with Gasteiger partial charge in [0.05, 0.1) is 22.2 Å². The van der Waals surface area contributed by atoms with Gasteiger partial charge < -0.3 is 9.80 Å². The van der Waals surface area contributed by atoms with Crippen molar-refractivity contribution in [2.24, 2.45) is 0 Å². The van der Waals surface area contributed by atoms with E-state index < -0.39 is 17.3 Å². The Bertz CT molecular complexity index is 892. The fraction of sp³-hybridized carbons (Fsp3) is 0.368. The van der Waals surface area contributed by atoms with Crippen LogP contribution in [0, 0.1) is 11.3 Å². The van der Waals surface area contributed by atoms with Crippen molar-refractivity contribution in [2.45, 2.75) is 32.1 Å². The second kappa shape index (κ2) is 7.72. The summed E-state index contributed by atoms with van der Waals surface area (Å²) in [5.74, 6) is 0. The average Bonchev–Trinajstić information content (AvgIpc) is 3.15. The van der Waals surface area contributed by atoms with Crippen molar-refractivity contribution >= 4 is 28.1 Å². The van der Waals surface area contributed by atoms with Crippen molar-refractivity contribution in [3.05, 3.63) is 46.8 Å². The van der Waals surface area contributed by atoms with Gasteiger partial charge in [-0.2, -0.15) is 18.4 Å². The Hall–Kier alpha value is -2.73.